The molecule has 0 amide bonds. The van der Waals surface area contributed by atoms with Crippen molar-refractivity contribution in [2.24, 2.45) is 5.73 Å². The van der Waals surface area contributed by atoms with Crippen LogP contribution >= 0.6 is 22.6 Å². The normalized spacial score (nSPS) is 20.7. The zero-order valence-electron chi connectivity index (χ0n) is 13.8. The Kier molecular flexibility index (Phi) is 4.51. The van der Waals surface area contributed by atoms with E-state index in [-0.39, 0.29) is 0 Å². The van der Waals surface area contributed by atoms with Gasteiger partial charge in [-0.25, -0.2) is 9.50 Å². The molecule has 6 nitrogen and oxygen atoms in total. The molecule has 4 rings (SSSR count). The molecule has 0 aliphatic heterocycles. The van der Waals surface area contributed by atoms with Crippen LogP contribution in [0.4, 0.5) is 17.2 Å². The van der Waals surface area contributed by atoms with Crippen molar-refractivity contribution in [1.29, 1.82) is 0 Å². The van der Waals surface area contributed by atoms with Gasteiger partial charge in [0.2, 0.25) is 0 Å². The highest BCUT2D eigenvalue weighted by Gasteiger charge is 2.23. The first kappa shape index (κ1) is 16.6. The van der Waals surface area contributed by atoms with Gasteiger partial charge in [0.15, 0.2) is 5.65 Å². The minimum atomic E-state index is 0.333. The first-order valence-electron chi connectivity index (χ1n) is 8.52. The number of nitrogens with zero attached hydrogens (tertiary/aromatic N) is 3. The van der Waals surface area contributed by atoms with E-state index in [0.29, 0.717) is 17.8 Å². The molecular formula is C18H21IN6. The third kappa shape index (κ3) is 3.57. The molecule has 2 aromatic heterocycles. The van der Waals surface area contributed by atoms with E-state index in [9.17, 15) is 0 Å². The number of hydrogen-bond donors (Lipinski definition) is 3. The summed E-state index contributed by atoms with van der Waals surface area (Å²) in [6.07, 6.45) is 6.29. The Labute approximate surface area is 160 Å². The summed E-state index contributed by atoms with van der Waals surface area (Å²) in [6.45, 7) is 0. The van der Waals surface area contributed by atoms with Crippen LogP contribution in [0.1, 0.15) is 37.3 Å². The molecule has 7 heteroatoms. The fraction of sp³-hybridized carbons (Fsp3) is 0.333. The number of nitrogens with two attached hydrogens (primary N) is 2. The van der Waals surface area contributed by atoms with Gasteiger partial charge in [0.25, 0.3) is 0 Å². The van der Waals surface area contributed by atoms with Crippen LogP contribution in [0, 0.1) is 3.57 Å². The maximum absolute atomic E-state index is 6.03. The molecule has 0 radical (unpaired) electrons. The molecule has 0 spiro atoms. The minimum absolute atomic E-state index is 0.333. The molecule has 0 unspecified atom stereocenters. The van der Waals surface area contributed by atoms with E-state index in [4.69, 9.17) is 16.5 Å². The lowest BCUT2D eigenvalue weighted by Crippen LogP contribution is -2.25. The van der Waals surface area contributed by atoms with Gasteiger partial charge < -0.3 is 16.8 Å². The molecule has 0 atom stereocenters. The maximum Gasteiger partial charge on any atom is 0.177 e. The van der Waals surface area contributed by atoms with Gasteiger partial charge in [-0.1, -0.05) is 6.07 Å². The third-order valence-corrected chi connectivity index (χ3v) is 5.43. The standard InChI is InChI=1S/C18H21IN6/c19-12-2-1-3-14(8-12)22-15-9-17(21)24-25-10-16(23-18(15)25)11-4-6-13(20)7-5-11/h1-3,8-11,13,22H,4-7,20H2,(H2,21,24)/t11-,13-. The monoisotopic (exact) mass is 448 g/mol. The molecule has 0 bridgehead atoms. The van der Waals surface area contributed by atoms with Gasteiger partial charge in [0, 0.05) is 27.3 Å². The fourth-order valence-corrected chi connectivity index (χ4v) is 3.98. The quantitative estimate of drug-likeness (QED) is 0.532. The number of rotatable bonds is 3. The fourth-order valence-electron chi connectivity index (χ4n) is 3.44. The molecule has 0 saturated heterocycles. The zero-order chi connectivity index (χ0) is 17.4. The Hall–Kier alpha value is -1.87. The van der Waals surface area contributed by atoms with Gasteiger partial charge in [-0.3, -0.25) is 0 Å². The van der Waals surface area contributed by atoms with Gasteiger partial charge in [-0.2, -0.15) is 0 Å². The van der Waals surface area contributed by atoms with Crippen LogP contribution in [0.25, 0.3) is 5.65 Å². The lowest BCUT2D eigenvalue weighted by molar-refractivity contribution is 0.391. The Balaban J connectivity index is 1.69. The Morgan fingerprint density at radius 1 is 1.16 bits per heavy atom. The van der Waals surface area contributed by atoms with Crippen LogP contribution in [0.15, 0.2) is 36.5 Å². The van der Waals surface area contributed by atoms with Crippen LogP contribution in [-0.2, 0) is 0 Å². The smallest absolute Gasteiger partial charge is 0.177 e. The van der Waals surface area contributed by atoms with Crippen molar-refractivity contribution in [2.75, 3.05) is 11.1 Å². The largest absolute Gasteiger partial charge is 0.382 e. The van der Waals surface area contributed by atoms with Crippen LogP contribution in [0.5, 0.6) is 0 Å². The van der Waals surface area contributed by atoms with E-state index in [0.717, 1.165) is 48.4 Å². The number of aromatic nitrogens is 3. The highest BCUT2D eigenvalue weighted by molar-refractivity contribution is 14.1. The topological polar surface area (TPSA) is 94.3 Å². The molecule has 1 fully saturated rings. The van der Waals surface area contributed by atoms with Crippen molar-refractivity contribution >= 4 is 45.4 Å². The van der Waals surface area contributed by atoms with Crippen molar-refractivity contribution < 1.29 is 0 Å². The maximum atomic E-state index is 6.03. The van der Waals surface area contributed by atoms with Crippen molar-refractivity contribution in [3.63, 3.8) is 0 Å². The predicted molar refractivity (Wildman–Crippen MR) is 109 cm³/mol. The average Bonchev–Trinajstić information content (AvgIpc) is 2.99. The Morgan fingerprint density at radius 2 is 1.96 bits per heavy atom. The average molecular weight is 448 g/mol. The second-order valence-corrected chi connectivity index (χ2v) is 7.91. The number of benzene rings is 1. The molecular weight excluding hydrogens is 427 g/mol. The van der Waals surface area contributed by atoms with Gasteiger partial charge in [-0.15, -0.1) is 5.10 Å². The molecule has 2 heterocycles. The number of nitrogens with one attached hydrogen (secondary N) is 1. The lowest BCUT2D eigenvalue weighted by Gasteiger charge is -2.24. The summed E-state index contributed by atoms with van der Waals surface area (Å²) in [5, 5.41) is 7.82. The SMILES string of the molecule is Nc1cc(Nc2cccc(I)c2)c2nc([C@H]3CC[C@H](N)CC3)cn2n1. The number of fused-ring (bicyclic) bond motifs is 1. The number of nitrogen functional groups attached to an aromatic ring is 1. The highest BCUT2D eigenvalue weighted by Crippen LogP contribution is 2.33. The van der Waals surface area contributed by atoms with Crippen molar-refractivity contribution in [3.05, 3.63) is 45.8 Å². The highest BCUT2D eigenvalue weighted by atomic mass is 127. The third-order valence-electron chi connectivity index (χ3n) is 4.76. The molecule has 3 aromatic rings. The van der Waals surface area contributed by atoms with Crippen LogP contribution in [-0.4, -0.2) is 20.6 Å². The predicted octanol–water partition coefficient (Wildman–Crippen LogP) is 3.64. The van der Waals surface area contributed by atoms with Gasteiger partial charge in [-0.05, 0) is 66.5 Å². The Bertz CT molecular complexity index is 898. The van der Waals surface area contributed by atoms with Gasteiger partial charge >= 0.3 is 0 Å². The number of hydrogen-bond acceptors (Lipinski definition) is 5. The van der Waals surface area contributed by atoms with E-state index in [1.165, 1.54) is 3.57 Å². The van der Waals surface area contributed by atoms with E-state index < -0.39 is 0 Å². The van der Waals surface area contributed by atoms with Crippen molar-refractivity contribution in [1.82, 2.24) is 14.6 Å². The van der Waals surface area contributed by atoms with E-state index in [1.54, 1.807) is 4.52 Å². The first-order valence-corrected chi connectivity index (χ1v) is 9.60. The molecule has 1 aliphatic carbocycles. The molecule has 5 N–H and O–H groups in total. The number of halogens is 1. The van der Waals surface area contributed by atoms with E-state index >= 15 is 0 Å². The summed E-state index contributed by atoms with van der Waals surface area (Å²) in [4.78, 5) is 4.86. The number of imidazole rings is 1. The van der Waals surface area contributed by atoms with Crippen molar-refractivity contribution in [3.8, 4) is 0 Å². The summed E-state index contributed by atoms with van der Waals surface area (Å²) in [5.41, 5.74) is 15.8. The summed E-state index contributed by atoms with van der Waals surface area (Å²) in [6, 6.07) is 10.4. The second kappa shape index (κ2) is 6.80. The molecule has 1 saturated carbocycles. The molecule has 25 heavy (non-hydrogen) atoms. The first-order chi connectivity index (χ1) is 12.1. The minimum Gasteiger partial charge on any atom is -0.382 e. The van der Waals surface area contributed by atoms with Gasteiger partial charge in [0.05, 0.1) is 17.6 Å². The molecule has 130 valence electrons. The number of anilines is 3. The van der Waals surface area contributed by atoms with Gasteiger partial charge in [0.1, 0.15) is 5.82 Å². The Morgan fingerprint density at radius 3 is 2.72 bits per heavy atom. The summed E-state index contributed by atoms with van der Waals surface area (Å²) in [5.74, 6) is 0.920. The molecule has 1 aromatic carbocycles. The van der Waals surface area contributed by atoms with E-state index in [1.807, 2.05) is 24.4 Å². The van der Waals surface area contributed by atoms with Crippen LogP contribution in [0.2, 0.25) is 0 Å². The van der Waals surface area contributed by atoms with Crippen LogP contribution in [0.3, 0.4) is 0 Å². The van der Waals surface area contributed by atoms with Crippen molar-refractivity contribution in [2.45, 2.75) is 37.6 Å². The lowest BCUT2D eigenvalue weighted by atomic mass is 9.85. The summed E-state index contributed by atoms with van der Waals surface area (Å²) in [7, 11) is 0. The van der Waals surface area contributed by atoms with E-state index in [2.05, 4.69) is 45.1 Å². The van der Waals surface area contributed by atoms with Crippen LogP contribution < -0.4 is 16.8 Å². The zero-order valence-corrected chi connectivity index (χ0v) is 16.0. The molecule has 1 aliphatic rings. The summed E-state index contributed by atoms with van der Waals surface area (Å²) < 4.78 is 2.96. The summed E-state index contributed by atoms with van der Waals surface area (Å²) >= 11 is 2.30. The second-order valence-electron chi connectivity index (χ2n) is 6.66.